The Morgan fingerprint density at radius 2 is 2.22 bits per heavy atom. The second-order valence-electron chi connectivity index (χ2n) is 5.25. The first-order chi connectivity index (χ1) is 10.7. The van der Waals surface area contributed by atoms with Crippen molar-refractivity contribution in [1.29, 1.82) is 0 Å². The Morgan fingerprint density at radius 1 is 1.48 bits per heavy atom. The van der Waals surface area contributed by atoms with E-state index in [9.17, 15) is 22.0 Å². The summed E-state index contributed by atoms with van der Waals surface area (Å²) >= 11 is 1.30. The van der Waals surface area contributed by atoms with E-state index >= 15 is 0 Å². The number of halogens is 2. The number of aliphatic carboxylic acids is 1. The molecule has 6 nitrogen and oxygen atoms in total. The van der Waals surface area contributed by atoms with E-state index in [0.717, 1.165) is 6.20 Å². The van der Waals surface area contributed by atoms with Crippen LogP contribution in [0.1, 0.15) is 6.42 Å². The van der Waals surface area contributed by atoms with Crippen molar-refractivity contribution in [3.63, 3.8) is 0 Å². The normalized spacial score (nSPS) is 22.3. The molecule has 3 rings (SSSR count). The van der Waals surface area contributed by atoms with Crippen LogP contribution in [0.2, 0.25) is 0 Å². The van der Waals surface area contributed by atoms with Crippen LogP contribution in [0, 0.1) is 5.92 Å². The lowest BCUT2D eigenvalue weighted by Gasteiger charge is -2.35. The average Bonchev–Trinajstić information content (AvgIpc) is 2.92. The molecular formula is C13H12F2N2O4S2. The molecule has 0 spiro atoms. The van der Waals surface area contributed by atoms with Gasteiger partial charge in [0, 0.05) is 12.7 Å². The predicted molar refractivity (Wildman–Crippen MR) is 79.1 cm³/mol. The van der Waals surface area contributed by atoms with Gasteiger partial charge in [-0.1, -0.05) is 0 Å². The number of hydrogen-bond donors (Lipinski definition) is 1. The van der Waals surface area contributed by atoms with E-state index in [-0.39, 0.29) is 11.4 Å². The molecule has 1 saturated heterocycles. The van der Waals surface area contributed by atoms with Crippen LogP contribution >= 0.6 is 11.3 Å². The molecule has 1 aliphatic heterocycles. The number of carbonyl (C=O) groups is 1. The standard InChI is InChI=1S/C13H12F2N2O4S2/c14-13(15)7-17(3-1-9(13)12(18)19)23(20,21)8-5-11-10(16-6-8)2-4-22-11/h2,4-6,9H,1,3,7H2,(H,18,19). The summed E-state index contributed by atoms with van der Waals surface area (Å²) < 4.78 is 54.2. The van der Waals surface area contributed by atoms with Crippen LogP contribution in [0.5, 0.6) is 0 Å². The number of pyridine rings is 1. The number of piperidine rings is 1. The number of carboxylic acid groups (broad SMARTS) is 1. The van der Waals surface area contributed by atoms with Crippen molar-refractivity contribution in [1.82, 2.24) is 9.29 Å². The molecule has 2 aromatic rings. The van der Waals surface area contributed by atoms with Crippen molar-refractivity contribution < 1.29 is 27.1 Å². The van der Waals surface area contributed by atoms with Gasteiger partial charge in [-0.3, -0.25) is 9.78 Å². The number of aromatic nitrogens is 1. The number of rotatable bonds is 3. The molecule has 0 radical (unpaired) electrons. The van der Waals surface area contributed by atoms with Gasteiger partial charge in [-0.2, -0.15) is 4.31 Å². The zero-order valence-corrected chi connectivity index (χ0v) is 13.3. The maximum Gasteiger partial charge on any atom is 0.312 e. The molecule has 0 aromatic carbocycles. The summed E-state index contributed by atoms with van der Waals surface area (Å²) in [6, 6.07) is 3.12. The Balaban J connectivity index is 1.92. The lowest BCUT2D eigenvalue weighted by atomic mass is 9.94. The van der Waals surface area contributed by atoms with Gasteiger partial charge in [-0.25, -0.2) is 17.2 Å². The molecule has 1 aliphatic rings. The molecule has 1 atom stereocenters. The van der Waals surface area contributed by atoms with Gasteiger partial charge in [-0.05, 0) is 23.9 Å². The van der Waals surface area contributed by atoms with Crippen molar-refractivity contribution >= 4 is 37.5 Å². The highest BCUT2D eigenvalue weighted by Crippen LogP contribution is 2.35. The first-order valence-electron chi connectivity index (χ1n) is 6.66. The Hall–Kier alpha value is -1.65. The third-order valence-corrected chi connectivity index (χ3v) is 6.44. The van der Waals surface area contributed by atoms with E-state index in [4.69, 9.17) is 5.11 Å². The fourth-order valence-corrected chi connectivity index (χ4v) is 4.83. The van der Waals surface area contributed by atoms with Gasteiger partial charge in [0.05, 0.1) is 16.8 Å². The smallest absolute Gasteiger partial charge is 0.312 e. The van der Waals surface area contributed by atoms with Crippen LogP contribution in [0.15, 0.2) is 28.6 Å². The van der Waals surface area contributed by atoms with E-state index in [2.05, 4.69) is 4.98 Å². The topological polar surface area (TPSA) is 87.6 Å². The molecule has 1 N–H and O–H groups in total. The van der Waals surface area contributed by atoms with Crippen molar-refractivity contribution in [2.45, 2.75) is 17.2 Å². The van der Waals surface area contributed by atoms with Gasteiger partial charge in [0.25, 0.3) is 5.92 Å². The van der Waals surface area contributed by atoms with E-state index in [1.165, 1.54) is 17.4 Å². The third kappa shape index (κ3) is 2.81. The number of alkyl halides is 2. The van der Waals surface area contributed by atoms with Crippen LogP contribution < -0.4 is 0 Å². The largest absolute Gasteiger partial charge is 0.481 e. The zero-order chi connectivity index (χ0) is 16.8. The Labute approximate surface area is 134 Å². The summed E-state index contributed by atoms with van der Waals surface area (Å²) in [6.45, 7) is -1.41. The lowest BCUT2D eigenvalue weighted by Crippen LogP contribution is -2.52. The number of nitrogens with zero attached hydrogens (tertiary/aromatic N) is 2. The molecule has 2 aromatic heterocycles. The third-order valence-electron chi connectivity index (χ3n) is 3.78. The highest BCUT2D eigenvalue weighted by atomic mass is 32.2. The molecule has 3 heterocycles. The van der Waals surface area contributed by atoms with Crippen LogP contribution in [0.3, 0.4) is 0 Å². The minimum Gasteiger partial charge on any atom is -0.481 e. The fraction of sp³-hybridized carbons (Fsp3) is 0.385. The second kappa shape index (κ2) is 5.46. The highest BCUT2D eigenvalue weighted by Gasteiger charge is 2.51. The van der Waals surface area contributed by atoms with Gasteiger partial charge in [0.15, 0.2) is 0 Å². The molecule has 0 aliphatic carbocycles. The van der Waals surface area contributed by atoms with Gasteiger partial charge < -0.3 is 5.11 Å². The first-order valence-corrected chi connectivity index (χ1v) is 8.98. The minimum absolute atomic E-state index is 0.169. The highest BCUT2D eigenvalue weighted by molar-refractivity contribution is 7.89. The second-order valence-corrected chi connectivity index (χ2v) is 8.14. The van der Waals surface area contributed by atoms with E-state index in [0.29, 0.717) is 14.5 Å². The van der Waals surface area contributed by atoms with E-state index in [1.807, 2.05) is 0 Å². The molecule has 10 heteroatoms. The van der Waals surface area contributed by atoms with Gasteiger partial charge in [0.2, 0.25) is 10.0 Å². The summed E-state index contributed by atoms with van der Waals surface area (Å²) in [4.78, 5) is 14.7. The Morgan fingerprint density at radius 3 is 2.87 bits per heavy atom. The van der Waals surface area contributed by atoms with Crippen LogP contribution in [0.4, 0.5) is 8.78 Å². The lowest BCUT2D eigenvalue weighted by molar-refractivity contribution is -0.163. The molecule has 0 amide bonds. The molecule has 0 bridgehead atoms. The first kappa shape index (κ1) is 16.2. The molecule has 23 heavy (non-hydrogen) atoms. The van der Waals surface area contributed by atoms with Crippen molar-refractivity contribution in [2.24, 2.45) is 5.92 Å². The maximum absolute atomic E-state index is 13.9. The molecule has 1 fully saturated rings. The van der Waals surface area contributed by atoms with E-state index < -0.39 is 40.8 Å². The quantitative estimate of drug-likeness (QED) is 0.903. The summed E-state index contributed by atoms with van der Waals surface area (Å²) in [5.74, 6) is -7.10. The fourth-order valence-electron chi connectivity index (χ4n) is 2.54. The summed E-state index contributed by atoms with van der Waals surface area (Å²) in [5, 5.41) is 10.6. The number of hydrogen-bond acceptors (Lipinski definition) is 5. The minimum atomic E-state index is -4.15. The van der Waals surface area contributed by atoms with Crippen molar-refractivity contribution in [3.05, 3.63) is 23.7 Å². The van der Waals surface area contributed by atoms with E-state index in [1.54, 1.807) is 11.4 Å². The van der Waals surface area contributed by atoms with Gasteiger partial charge >= 0.3 is 5.97 Å². The van der Waals surface area contributed by atoms with Gasteiger partial charge in [-0.15, -0.1) is 11.3 Å². The van der Waals surface area contributed by atoms with Crippen molar-refractivity contribution in [2.75, 3.05) is 13.1 Å². The number of sulfonamides is 1. The van der Waals surface area contributed by atoms with Crippen LogP contribution in [-0.2, 0) is 14.8 Å². The zero-order valence-electron chi connectivity index (χ0n) is 11.6. The Bertz CT molecular complexity index is 866. The number of carboxylic acids is 1. The monoisotopic (exact) mass is 362 g/mol. The SMILES string of the molecule is O=C(O)C1CCN(S(=O)(=O)c2cnc3ccsc3c2)CC1(F)F. The number of thiophene rings is 1. The molecule has 124 valence electrons. The molecule has 1 unspecified atom stereocenters. The molecule has 0 saturated carbocycles. The Kier molecular flexibility index (Phi) is 3.85. The predicted octanol–water partition coefficient (Wildman–Crippen LogP) is 2.03. The van der Waals surface area contributed by atoms with Crippen LogP contribution in [-0.4, -0.2) is 47.8 Å². The number of fused-ring (bicyclic) bond motifs is 1. The maximum atomic E-state index is 13.9. The average molecular weight is 362 g/mol. The van der Waals surface area contributed by atoms with Gasteiger partial charge in [0.1, 0.15) is 10.8 Å². The summed E-state index contributed by atoms with van der Waals surface area (Å²) in [7, 11) is -4.15. The molecular weight excluding hydrogens is 350 g/mol. The summed E-state index contributed by atoms with van der Waals surface area (Å²) in [5.41, 5.74) is 0.629. The summed E-state index contributed by atoms with van der Waals surface area (Å²) in [6.07, 6.45) is 0.696. The van der Waals surface area contributed by atoms with Crippen molar-refractivity contribution in [3.8, 4) is 0 Å². The van der Waals surface area contributed by atoms with Crippen LogP contribution in [0.25, 0.3) is 10.2 Å².